The van der Waals surface area contributed by atoms with Gasteiger partial charge in [-0.05, 0) is 19.3 Å². The Morgan fingerprint density at radius 1 is 1.40 bits per heavy atom. The Kier molecular flexibility index (Phi) is 1.75. The third-order valence-corrected chi connectivity index (χ3v) is 4.27. The Balaban J connectivity index is 1.85. The van der Waals surface area contributed by atoms with Crippen molar-refractivity contribution in [1.82, 2.24) is 0 Å². The predicted molar refractivity (Wildman–Crippen MR) is 50.3 cm³/mol. The van der Waals surface area contributed by atoms with Crippen LogP contribution in [-0.4, -0.2) is 29.1 Å². The van der Waals surface area contributed by atoms with E-state index in [4.69, 9.17) is 4.74 Å². The van der Waals surface area contributed by atoms with Crippen LogP contribution in [-0.2, 0) is 14.3 Å². The van der Waals surface area contributed by atoms with Gasteiger partial charge in [0.15, 0.2) is 0 Å². The summed E-state index contributed by atoms with van der Waals surface area (Å²) in [6.07, 6.45) is 3.67. The molecule has 3 atom stereocenters. The Morgan fingerprint density at radius 3 is 2.53 bits per heavy atom. The van der Waals surface area contributed by atoms with Crippen LogP contribution < -0.4 is 0 Å². The van der Waals surface area contributed by atoms with Gasteiger partial charge in [0.05, 0.1) is 17.6 Å². The van der Waals surface area contributed by atoms with Crippen molar-refractivity contribution in [1.29, 1.82) is 0 Å². The predicted octanol–water partition coefficient (Wildman–Crippen LogP) is 0.988. The van der Waals surface area contributed by atoms with Gasteiger partial charge in [0.25, 0.3) is 0 Å². The number of ether oxygens (including phenoxy) is 1. The summed E-state index contributed by atoms with van der Waals surface area (Å²) in [6.45, 7) is 0. The van der Waals surface area contributed by atoms with E-state index in [1.807, 2.05) is 0 Å². The zero-order chi connectivity index (χ0) is 10.6. The lowest BCUT2D eigenvalue weighted by molar-refractivity contribution is -0.168. The number of hydrogen-bond donors (Lipinski definition) is 1. The molecule has 4 heteroatoms. The van der Waals surface area contributed by atoms with Crippen LogP contribution in [0.1, 0.15) is 32.1 Å². The number of aliphatic carboxylic acids is 1. The van der Waals surface area contributed by atoms with E-state index < -0.39 is 11.4 Å². The highest BCUT2D eigenvalue weighted by Crippen LogP contribution is 2.55. The van der Waals surface area contributed by atoms with Gasteiger partial charge in [-0.3, -0.25) is 9.59 Å². The number of carboxylic acids is 1. The summed E-state index contributed by atoms with van der Waals surface area (Å²) in [5.74, 6) is -0.644. The molecule has 4 nitrogen and oxygen atoms in total. The summed E-state index contributed by atoms with van der Waals surface area (Å²) in [5.41, 5.74) is -0.781. The van der Waals surface area contributed by atoms with Crippen LogP contribution in [0.25, 0.3) is 0 Å². The van der Waals surface area contributed by atoms with Gasteiger partial charge in [0.2, 0.25) is 0 Å². The van der Waals surface area contributed by atoms with Gasteiger partial charge in [-0.2, -0.15) is 0 Å². The number of rotatable bonds is 2. The lowest BCUT2D eigenvalue weighted by Crippen LogP contribution is -2.52. The molecule has 0 aromatic carbocycles. The normalized spacial score (nSPS) is 41.6. The molecule has 1 aliphatic carbocycles. The van der Waals surface area contributed by atoms with E-state index in [1.54, 1.807) is 0 Å². The minimum absolute atomic E-state index is 0.0754. The van der Waals surface area contributed by atoms with Crippen molar-refractivity contribution >= 4 is 11.8 Å². The number of ketones is 1. The summed E-state index contributed by atoms with van der Waals surface area (Å²) in [5, 5.41) is 9.28. The summed E-state index contributed by atoms with van der Waals surface area (Å²) < 4.78 is 5.68. The second kappa shape index (κ2) is 2.82. The van der Waals surface area contributed by atoms with Crippen molar-refractivity contribution in [3.8, 4) is 0 Å². The lowest BCUT2D eigenvalue weighted by atomic mass is 9.57. The maximum absolute atomic E-state index is 11.3. The molecule has 1 saturated carbocycles. The van der Waals surface area contributed by atoms with E-state index in [2.05, 4.69) is 0 Å². The zero-order valence-corrected chi connectivity index (χ0v) is 8.44. The zero-order valence-electron chi connectivity index (χ0n) is 8.44. The number of carboxylic acid groups (broad SMARTS) is 1. The Labute approximate surface area is 87.6 Å². The van der Waals surface area contributed by atoms with Crippen LogP contribution in [0.15, 0.2) is 0 Å². The first-order chi connectivity index (χ1) is 7.12. The van der Waals surface area contributed by atoms with E-state index in [9.17, 15) is 14.7 Å². The monoisotopic (exact) mass is 210 g/mol. The van der Waals surface area contributed by atoms with Gasteiger partial charge >= 0.3 is 5.97 Å². The SMILES string of the molecule is O=C1CC(C(=O)O)(C2CC3CCC2O3)C1. The van der Waals surface area contributed by atoms with Gasteiger partial charge in [-0.25, -0.2) is 0 Å². The average Bonchev–Trinajstić information content (AvgIpc) is 2.72. The van der Waals surface area contributed by atoms with Crippen molar-refractivity contribution < 1.29 is 19.4 Å². The minimum atomic E-state index is -0.803. The van der Waals surface area contributed by atoms with Crippen LogP contribution >= 0.6 is 0 Å². The van der Waals surface area contributed by atoms with Crippen LogP contribution in [0.4, 0.5) is 0 Å². The molecule has 3 unspecified atom stereocenters. The highest BCUT2D eigenvalue weighted by atomic mass is 16.5. The smallest absolute Gasteiger partial charge is 0.310 e. The van der Waals surface area contributed by atoms with E-state index in [0.717, 1.165) is 19.3 Å². The fraction of sp³-hybridized carbons (Fsp3) is 0.818. The fourth-order valence-corrected chi connectivity index (χ4v) is 3.44. The number of carbonyl (C=O) groups is 2. The van der Waals surface area contributed by atoms with Gasteiger partial charge in [-0.15, -0.1) is 0 Å². The molecule has 1 N–H and O–H groups in total. The highest BCUT2D eigenvalue weighted by Gasteiger charge is 2.61. The Morgan fingerprint density at radius 2 is 2.13 bits per heavy atom. The van der Waals surface area contributed by atoms with E-state index in [1.165, 1.54) is 0 Å². The van der Waals surface area contributed by atoms with Gasteiger partial charge in [0.1, 0.15) is 5.78 Å². The van der Waals surface area contributed by atoms with Crippen molar-refractivity contribution in [3.63, 3.8) is 0 Å². The van der Waals surface area contributed by atoms with Crippen LogP contribution in [0.3, 0.4) is 0 Å². The molecule has 0 spiro atoms. The van der Waals surface area contributed by atoms with Crippen molar-refractivity contribution in [2.75, 3.05) is 0 Å². The maximum atomic E-state index is 11.3. The first-order valence-corrected chi connectivity index (χ1v) is 5.52. The molecule has 0 radical (unpaired) electrons. The van der Waals surface area contributed by atoms with E-state index in [0.29, 0.717) is 0 Å². The molecule has 0 aromatic rings. The summed E-state index contributed by atoms with van der Waals surface area (Å²) in [4.78, 5) is 22.4. The molecular weight excluding hydrogens is 196 g/mol. The number of carbonyl (C=O) groups excluding carboxylic acids is 1. The molecular formula is C11H14O4. The molecule has 0 amide bonds. The second-order valence-corrected chi connectivity index (χ2v) is 5.07. The van der Waals surface area contributed by atoms with E-state index in [-0.39, 0.29) is 36.8 Å². The van der Waals surface area contributed by atoms with Crippen LogP contribution in [0.2, 0.25) is 0 Å². The Hall–Kier alpha value is -0.900. The average molecular weight is 210 g/mol. The van der Waals surface area contributed by atoms with Gasteiger partial charge in [-0.1, -0.05) is 0 Å². The number of Topliss-reactive ketones (excluding diaryl/α,β-unsaturated/α-hetero) is 1. The highest BCUT2D eigenvalue weighted by molar-refractivity contribution is 5.97. The third-order valence-electron chi connectivity index (χ3n) is 4.27. The van der Waals surface area contributed by atoms with E-state index >= 15 is 0 Å². The molecule has 3 rings (SSSR count). The number of fused-ring (bicyclic) bond motifs is 2. The minimum Gasteiger partial charge on any atom is -0.481 e. The maximum Gasteiger partial charge on any atom is 0.310 e. The molecule has 2 saturated heterocycles. The Bertz CT molecular complexity index is 327. The molecule has 2 heterocycles. The molecule has 0 aromatic heterocycles. The lowest BCUT2D eigenvalue weighted by Gasteiger charge is -2.43. The van der Waals surface area contributed by atoms with Crippen molar-refractivity contribution in [2.45, 2.75) is 44.3 Å². The van der Waals surface area contributed by atoms with Gasteiger partial charge in [0, 0.05) is 18.8 Å². The number of hydrogen-bond acceptors (Lipinski definition) is 3. The van der Waals surface area contributed by atoms with Crippen molar-refractivity contribution in [3.05, 3.63) is 0 Å². The topological polar surface area (TPSA) is 63.6 Å². The van der Waals surface area contributed by atoms with Crippen LogP contribution in [0.5, 0.6) is 0 Å². The first-order valence-electron chi connectivity index (χ1n) is 5.52. The fourth-order valence-electron chi connectivity index (χ4n) is 3.44. The first kappa shape index (κ1) is 9.33. The molecule has 82 valence electrons. The largest absolute Gasteiger partial charge is 0.481 e. The van der Waals surface area contributed by atoms with Gasteiger partial charge < -0.3 is 9.84 Å². The van der Waals surface area contributed by atoms with Crippen molar-refractivity contribution in [2.24, 2.45) is 11.3 Å². The molecule has 2 bridgehead atoms. The molecule has 15 heavy (non-hydrogen) atoms. The third kappa shape index (κ3) is 1.11. The molecule has 2 aliphatic heterocycles. The summed E-state index contributed by atoms with van der Waals surface area (Å²) >= 11 is 0. The quantitative estimate of drug-likeness (QED) is 0.738. The summed E-state index contributed by atoms with van der Waals surface area (Å²) in [7, 11) is 0. The standard InChI is InChI=1S/C11H14O4/c12-6-4-11(5-6,10(13)14)8-3-7-1-2-9(8)15-7/h7-9H,1-5H2,(H,13,14). The molecule has 3 aliphatic rings. The summed E-state index contributed by atoms with van der Waals surface area (Å²) in [6, 6.07) is 0. The van der Waals surface area contributed by atoms with Crippen LogP contribution in [0, 0.1) is 11.3 Å². The molecule has 3 fully saturated rings. The second-order valence-electron chi connectivity index (χ2n) is 5.07.